The number of carbonyl (C=O) groups excluding carboxylic acids is 1. The van der Waals surface area contributed by atoms with Crippen molar-refractivity contribution in [2.45, 2.75) is 32.4 Å². The molecule has 0 N–H and O–H groups in total. The summed E-state index contributed by atoms with van der Waals surface area (Å²) in [6.45, 7) is 6.10. The van der Waals surface area contributed by atoms with Crippen molar-refractivity contribution >= 4 is 6.16 Å². The van der Waals surface area contributed by atoms with Gasteiger partial charge in [-0.2, -0.15) is 13.2 Å². The van der Waals surface area contributed by atoms with Crippen LogP contribution in [0.4, 0.5) is 18.0 Å². The number of alkyl halides is 3. The fraction of sp³-hybridized carbons (Fsp3) is 0.278. The van der Waals surface area contributed by atoms with E-state index in [4.69, 9.17) is 9.47 Å². The zero-order valence-corrected chi connectivity index (χ0v) is 13.5. The predicted octanol–water partition coefficient (Wildman–Crippen LogP) is 5.58. The lowest BCUT2D eigenvalue weighted by molar-refractivity contribution is -0.138. The van der Waals surface area contributed by atoms with E-state index in [-0.39, 0.29) is 11.2 Å². The SMILES string of the molecule is CC(C)(C)c1ccc(OC(=O)Oc2ccccc2C(F)(F)F)cc1. The van der Waals surface area contributed by atoms with Gasteiger partial charge in [0.15, 0.2) is 0 Å². The van der Waals surface area contributed by atoms with Crippen molar-refractivity contribution in [3.8, 4) is 11.5 Å². The monoisotopic (exact) mass is 338 g/mol. The highest BCUT2D eigenvalue weighted by Crippen LogP contribution is 2.36. The third-order valence-corrected chi connectivity index (χ3v) is 3.31. The van der Waals surface area contributed by atoms with Crippen molar-refractivity contribution in [2.24, 2.45) is 0 Å². The van der Waals surface area contributed by atoms with E-state index in [9.17, 15) is 18.0 Å². The van der Waals surface area contributed by atoms with Crippen LogP contribution in [-0.2, 0) is 11.6 Å². The Labute approximate surface area is 138 Å². The lowest BCUT2D eigenvalue weighted by Gasteiger charge is -2.19. The summed E-state index contributed by atoms with van der Waals surface area (Å²) in [5, 5.41) is 0. The third kappa shape index (κ3) is 4.50. The van der Waals surface area contributed by atoms with Crippen LogP contribution in [0.5, 0.6) is 11.5 Å². The Kier molecular flexibility index (Phi) is 4.87. The minimum atomic E-state index is -4.62. The van der Waals surface area contributed by atoms with Crippen LogP contribution in [0.3, 0.4) is 0 Å². The first kappa shape index (κ1) is 17.8. The van der Waals surface area contributed by atoms with Gasteiger partial charge in [-0.1, -0.05) is 45.0 Å². The fourth-order valence-corrected chi connectivity index (χ4v) is 2.02. The first-order chi connectivity index (χ1) is 11.1. The maximum atomic E-state index is 12.8. The maximum absolute atomic E-state index is 12.8. The Morgan fingerprint density at radius 1 is 0.875 bits per heavy atom. The molecular formula is C18H17F3O3. The first-order valence-electron chi connectivity index (χ1n) is 7.24. The second-order valence-corrected chi connectivity index (χ2v) is 6.22. The lowest BCUT2D eigenvalue weighted by Crippen LogP contribution is -2.17. The molecule has 3 nitrogen and oxygen atoms in total. The molecule has 0 spiro atoms. The molecule has 0 heterocycles. The molecule has 128 valence electrons. The lowest BCUT2D eigenvalue weighted by atomic mass is 9.87. The number of hydrogen-bond acceptors (Lipinski definition) is 3. The standard InChI is InChI=1S/C18H17F3O3/c1-17(2,3)12-8-10-13(11-9-12)23-16(22)24-15-7-5-4-6-14(15)18(19,20)21/h4-11H,1-3H3. The van der Waals surface area contributed by atoms with E-state index >= 15 is 0 Å². The summed E-state index contributed by atoms with van der Waals surface area (Å²) in [7, 11) is 0. The van der Waals surface area contributed by atoms with Crippen LogP contribution in [0.25, 0.3) is 0 Å². The van der Waals surface area contributed by atoms with Gasteiger partial charge in [-0.15, -0.1) is 0 Å². The second-order valence-electron chi connectivity index (χ2n) is 6.22. The number of hydrogen-bond donors (Lipinski definition) is 0. The summed E-state index contributed by atoms with van der Waals surface area (Å²) in [5.41, 5.74) is -0.0688. The summed E-state index contributed by atoms with van der Waals surface area (Å²) < 4.78 is 48.2. The minimum absolute atomic E-state index is 0.0648. The van der Waals surface area contributed by atoms with Crippen LogP contribution in [0.15, 0.2) is 48.5 Å². The van der Waals surface area contributed by atoms with E-state index in [2.05, 4.69) is 0 Å². The molecule has 2 aromatic carbocycles. The van der Waals surface area contributed by atoms with Gasteiger partial charge in [-0.3, -0.25) is 0 Å². The van der Waals surface area contributed by atoms with E-state index in [0.717, 1.165) is 17.7 Å². The molecule has 0 aliphatic rings. The maximum Gasteiger partial charge on any atom is 0.519 e. The predicted molar refractivity (Wildman–Crippen MR) is 83.2 cm³/mol. The number of rotatable bonds is 2. The van der Waals surface area contributed by atoms with Crippen LogP contribution in [0, 0.1) is 0 Å². The largest absolute Gasteiger partial charge is 0.519 e. The molecule has 0 atom stereocenters. The second kappa shape index (κ2) is 6.55. The average Bonchev–Trinajstić information content (AvgIpc) is 2.46. The van der Waals surface area contributed by atoms with Gasteiger partial charge in [0.2, 0.25) is 0 Å². The Hall–Kier alpha value is -2.50. The van der Waals surface area contributed by atoms with Crippen molar-refractivity contribution in [2.75, 3.05) is 0 Å². The van der Waals surface area contributed by atoms with E-state index in [1.54, 1.807) is 24.3 Å². The van der Waals surface area contributed by atoms with Gasteiger partial charge in [-0.05, 0) is 35.2 Å². The summed E-state index contributed by atoms with van der Waals surface area (Å²) in [4.78, 5) is 11.7. The van der Waals surface area contributed by atoms with E-state index in [0.29, 0.717) is 0 Å². The average molecular weight is 338 g/mol. The summed E-state index contributed by atoms with van der Waals surface area (Å²) in [6, 6.07) is 11.2. The number of halogens is 3. The Bertz CT molecular complexity index is 714. The summed E-state index contributed by atoms with van der Waals surface area (Å²) in [6.07, 6.45) is -5.85. The number of carbonyl (C=O) groups is 1. The van der Waals surface area contributed by atoms with Gasteiger partial charge >= 0.3 is 12.3 Å². The van der Waals surface area contributed by atoms with Crippen LogP contribution < -0.4 is 9.47 Å². The van der Waals surface area contributed by atoms with Gasteiger partial charge in [0.25, 0.3) is 0 Å². The van der Waals surface area contributed by atoms with Crippen molar-refractivity contribution in [3.05, 3.63) is 59.7 Å². The Morgan fingerprint density at radius 3 is 2.00 bits per heavy atom. The molecule has 6 heteroatoms. The molecule has 0 unspecified atom stereocenters. The summed E-state index contributed by atoms with van der Waals surface area (Å²) >= 11 is 0. The minimum Gasteiger partial charge on any atom is -0.395 e. The smallest absolute Gasteiger partial charge is 0.395 e. The molecular weight excluding hydrogens is 321 g/mol. The quantitative estimate of drug-likeness (QED) is 0.529. The van der Waals surface area contributed by atoms with Crippen LogP contribution in [0.1, 0.15) is 31.9 Å². The van der Waals surface area contributed by atoms with Crippen molar-refractivity contribution < 1.29 is 27.4 Å². The normalized spacial score (nSPS) is 11.9. The zero-order valence-electron chi connectivity index (χ0n) is 13.5. The highest BCUT2D eigenvalue weighted by molar-refractivity contribution is 5.67. The molecule has 0 aromatic heterocycles. The van der Waals surface area contributed by atoms with Gasteiger partial charge in [0.05, 0.1) is 5.56 Å². The van der Waals surface area contributed by atoms with E-state index in [1.165, 1.54) is 12.1 Å². The Morgan fingerprint density at radius 2 is 1.46 bits per heavy atom. The molecule has 0 saturated carbocycles. The molecule has 0 amide bonds. The van der Waals surface area contributed by atoms with Crippen LogP contribution in [0.2, 0.25) is 0 Å². The van der Waals surface area contributed by atoms with Gasteiger partial charge < -0.3 is 9.47 Å². The van der Waals surface area contributed by atoms with Crippen molar-refractivity contribution in [1.82, 2.24) is 0 Å². The highest BCUT2D eigenvalue weighted by Gasteiger charge is 2.34. The Balaban J connectivity index is 2.10. The molecule has 24 heavy (non-hydrogen) atoms. The number of ether oxygens (including phenoxy) is 2. The van der Waals surface area contributed by atoms with Gasteiger partial charge in [0.1, 0.15) is 11.5 Å². The molecule has 0 aliphatic carbocycles. The molecule has 0 saturated heterocycles. The zero-order chi connectivity index (χ0) is 18.0. The number of para-hydroxylation sites is 1. The van der Waals surface area contributed by atoms with Gasteiger partial charge in [0, 0.05) is 0 Å². The molecule has 0 fully saturated rings. The third-order valence-electron chi connectivity index (χ3n) is 3.31. The van der Waals surface area contributed by atoms with E-state index < -0.39 is 23.6 Å². The molecule has 0 bridgehead atoms. The van der Waals surface area contributed by atoms with Gasteiger partial charge in [-0.25, -0.2) is 4.79 Å². The topological polar surface area (TPSA) is 35.5 Å². The fourth-order valence-electron chi connectivity index (χ4n) is 2.02. The molecule has 0 aliphatic heterocycles. The van der Waals surface area contributed by atoms with Crippen molar-refractivity contribution in [1.29, 1.82) is 0 Å². The molecule has 2 aromatic rings. The first-order valence-corrected chi connectivity index (χ1v) is 7.24. The number of benzene rings is 2. The molecule has 2 rings (SSSR count). The summed E-state index contributed by atoms with van der Waals surface area (Å²) in [5.74, 6) is -0.404. The van der Waals surface area contributed by atoms with Crippen molar-refractivity contribution in [3.63, 3.8) is 0 Å². The molecule has 0 radical (unpaired) electrons. The van der Waals surface area contributed by atoms with Crippen LogP contribution in [-0.4, -0.2) is 6.16 Å². The van der Waals surface area contributed by atoms with E-state index in [1.807, 2.05) is 20.8 Å². The highest BCUT2D eigenvalue weighted by atomic mass is 19.4. The van der Waals surface area contributed by atoms with Crippen LogP contribution >= 0.6 is 0 Å².